The molecule has 1 heterocycles. The number of hydrogen-bond donors (Lipinski definition) is 1. The van der Waals surface area contributed by atoms with Crippen molar-refractivity contribution in [2.24, 2.45) is 12.8 Å². The number of nitrogens with two attached hydrogens (primary N) is 1. The second-order valence-corrected chi connectivity index (χ2v) is 5.48. The number of hydrogen-bond acceptors (Lipinski definition) is 4. The van der Waals surface area contributed by atoms with E-state index in [4.69, 9.17) is 10.5 Å². The smallest absolute Gasteiger partial charge is 0.158 e. The van der Waals surface area contributed by atoms with Crippen LogP contribution in [0, 0.1) is 0 Å². The second-order valence-electron chi connectivity index (χ2n) is 5.48. The predicted octanol–water partition coefficient (Wildman–Crippen LogP) is 2.55. The van der Waals surface area contributed by atoms with E-state index >= 15 is 0 Å². The van der Waals surface area contributed by atoms with Crippen LogP contribution in [0.3, 0.4) is 0 Å². The van der Waals surface area contributed by atoms with E-state index in [0.717, 1.165) is 17.2 Å². The van der Waals surface area contributed by atoms with E-state index in [2.05, 4.69) is 10.1 Å². The van der Waals surface area contributed by atoms with Crippen LogP contribution in [0.25, 0.3) is 11.4 Å². The van der Waals surface area contributed by atoms with Crippen molar-refractivity contribution in [3.8, 4) is 17.1 Å². The molecule has 1 aliphatic carbocycles. The zero-order valence-electron chi connectivity index (χ0n) is 12.5. The quantitative estimate of drug-likeness (QED) is 0.890. The van der Waals surface area contributed by atoms with Crippen LogP contribution in [0.2, 0.25) is 0 Å². The molecule has 1 aromatic heterocycles. The van der Waals surface area contributed by atoms with Crippen LogP contribution in [0.15, 0.2) is 36.2 Å². The first-order chi connectivity index (χ1) is 10.7. The Kier molecular flexibility index (Phi) is 4.20. The van der Waals surface area contributed by atoms with Crippen molar-refractivity contribution in [3.05, 3.63) is 42.0 Å². The maximum absolute atomic E-state index is 12.4. The molecule has 22 heavy (non-hydrogen) atoms. The Morgan fingerprint density at radius 1 is 1.41 bits per heavy atom. The van der Waals surface area contributed by atoms with Gasteiger partial charge in [0.15, 0.2) is 11.6 Å². The van der Waals surface area contributed by atoms with Crippen molar-refractivity contribution in [2.45, 2.75) is 18.8 Å². The highest BCUT2D eigenvalue weighted by molar-refractivity contribution is 5.56. The van der Waals surface area contributed by atoms with Gasteiger partial charge in [0.25, 0.3) is 0 Å². The molecular formula is C16H19FN4O. The van der Waals surface area contributed by atoms with Crippen LogP contribution in [0.5, 0.6) is 5.75 Å². The predicted molar refractivity (Wildman–Crippen MR) is 82.2 cm³/mol. The summed E-state index contributed by atoms with van der Waals surface area (Å²) in [4.78, 5) is 4.61. The molecule has 0 spiro atoms. The van der Waals surface area contributed by atoms with E-state index in [1.807, 2.05) is 36.0 Å². The maximum Gasteiger partial charge on any atom is 0.158 e. The molecule has 1 saturated carbocycles. The Morgan fingerprint density at radius 3 is 2.73 bits per heavy atom. The van der Waals surface area contributed by atoms with E-state index in [1.54, 1.807) is 0 Å². The normalized spacial score (nSPS) is 15.1. The Labute approximate surface area is 128 Å². The molecule has 0 amide bonds. The van der Waals surface area contributed by atoms with Crippen molar-refractivity contribution in [1.29, 1.82) is 0 Å². The zero-order chi connectivity index (χ0) is 15.5. The molecule has 6 heteroatoms. The highest BCUT2D eigenvalue weighted by Crippen LogP contribution is 2.38. The van der Waals surface area contributed by atoms with E-state index in [1.165, 1.54) is 12.8 Å². The van der Waals surface area contributed by atoms with Crippen molar-refractivity contribution >= 4 is 0 Å². The summed E-state index contributed by atoms with van der Waals surface area (Å²) in [6.45, 7) is 0.305. The van der Waals surface area contributed by atoms with E-state index in [9.17, 15) is 4.39 Å². The van der Waals surface area contributed by atoms with Gasteiger partial charge in [-0.15, -0.1) is 0 Å². The van der Waals surface area contributed by atoms with Crippen LogP contribution in [0.1, 0.15) is 24.6 Å². The number of nitrogens with zero attached hydrogens (tertiary/aromatic N) is 3. The lowest BCUT2D eigenvalue weighted by Gasteiger charge is -2.07. The van der Waals surface area contributed by atoms with Gasteiger partial charge < -0.3 is 10.5 Å². The van der Waals surface area contributed by atoms with Gasteiger partial charge in [-0.3, -0.25) is 0 Å². The first-order valence-electron chi connectivity index (χ1n) is 7.33. The highest BCUT2D eigenvalue weighted by Gasteiger charge is 2.28. The molecule has 0 saturated heterocycles. The molecule has 3 rings (SSSR count). The number of halogens is 1. The number of benzene rings is 1. The van der Waals surface area contributed by atoms with Gasteiger partial charge in [0.1, 0.15) is 12.4 Å². The summed E-state index contributed by atoms with van der Waals surface area (Å²) in [6, 6.07) is 7.54. The summed E-state index contributed by atoms with van der Waals surface area (Å²) >= 11 is 0. The summed E-state index contributed by atoms with van der Waals surface area (Å²) in [6.07, 6.45) is 2.86. The summed E-state index contributed by atoms with van der Waals surface area (Å²) in [5.74, 6) is 2.98. The molecular weight excluding hydrogens is 283 g/mol. The third kappa shape index (κ3) is 3.17. The second kappa shape index (κ2) is 6.27. The summed E-state index contributed by atoms with van der Waals surface area (Å²) in [5.41, 5.74) is 6.79. The zero-order valence-corrected chi connectivity index (χ0v) is 12.5. The fraction of sp³-hybridized carbons (Fsp3) is 0.375. The van der Waals surface area contributed by atoms with Crippen molar-refractivity contribution in [1.82, 2.24) is 14.8 Å². The minimum Gasteiger partial charge on any atom is -0.489 e. The van der Waals surface area contributed by atoms with Gasteiger partial charge in [-0.25, -0.2) is 14.1 Å². The van der Waals surface area contributed by atoms with Crippen molar-refractivity contribution < 1.29 is 9.13 Å². The Bertz CT molecular complexity index is 674. The van der Waals surface area contributed by atoms with Gasteiger partial charge >= 0.3 is 0 Å². The van der Waals surface area contributed by atoms with Gasteiger partial charge in [0, 0.05) is 30.6 Å². The molecule has 0 atom stereocenters. The SMILES string of the molecule is Cn1nc(C2CC2)nc1-c1ccc(OC/C(=C/F)CN)cc1. The topological polar surface area (TPSA) is 66.0 Å². The molecule has 0 bridgehead atoms. The molecule has 5 nitrogen and oxygen atoms in total. The van der Waals surface area contributed by atoms with Crippen LogP contribution in [-0.4, -0.2) is 27.9 Å². The summed E-state index contributed by atoms with van der Waals surface area (Å²) in [7, 11) is 1.90. The monoisotopic (exact) mass is 302 g/mol. The Balaban J connectivity index is 1.71. The van der Waals surface area contributed by atoms with Gasteiger partial charge in [-0.2, -0.15) is 5.10 Å². The van der Waals surface area contributed by atoms with Gasteiger partial charge in [0.05, 0.1) is 6.33 Å². The minimum atomic E-state index is 0.150. The third-order valence-electron chi connectivity index (χ3n) is 3.68. The first-order valence-corrected chi connectivity index (χ1v) is 7.33. The molecule has 0 radical (unpaired) electrons. The molecule has 0 aliphatic heterocycles. The van der Waals surface area contributed by atoms with Crippen LogP contribution < -0.4 is 10.5 Å². The van der Waals surface area contributed by atoms with Crippen LogP contribution >= 0.6 is 0 Å². The average molecular weight is 302 g/mol. The van der Waals surface area contributed by atoms with Gasteiger partial charge in [-0.1, -0.05) is 0 Å². The molecule has 2 N–H and O–H groups in total. The van der Waals surface area contributed by atoms with Crippen molar-refractivity contribution in [3.63, 3.8) is 0 Å². The van der Waals surface area contributed by atoms with E-state index in [0.29, 0.717) is 23.6 Å². The number of rotatable bonds is 6. The first kappa shape index (κ1) is 14.7. The fourth-order valence-corrected chi connectivity index (χ4v) is 2.18. The Morgan fingerprint density at radius 2 is 2.14 bits per heavy atom. The van der Waals surface area contributed by atoms with Gasteiger partial charge in [-0.05, 0) is 37.1 Å². The molecule has 0 unspecified atom stereocenters. The maximum atomic E-state index is 12.4. The molecule has 116 valence electrons. The fourth-order valence-electron chi connectivity index (χ4n) is 2.18. The Hall–Kier alpha value is -2.21. The van der Waals surface area contributed by atoms with E-state index in [-0.39, 0.29) is 13.2 Å². The lowest BCUT2D eigenvalue weighted by atomic mass is 10.2. The summed E-state index contributed by atoms with van der Waals surface area (Å²) < 4.78 is 19.7. The molecule has 2 aromatic rings. The number of aryl methyl sites for hydroxylation is 1. The standard InChI is InChI=1S/C16H19FN4O/c1-21-16(19-15(20-21)12-2-3-12)13-4-6-14(7-5-13)22-10-11(8-17)9-18/h4-8,12H,2-3,9-10,18H2,1H3/b11-8+. The van der Waals surface area contributed by atoms with Crippen LogP contribution in [-0.2, 0) is 7.05 Å². The molecule has 1 aliphatic rings. The lowest BCUT2D eigenvalue weighted by molar-refractivity contribution is 0.347. The van der Waals surface area contributed by atoms with E-state index < -0.39 is 0 Å². The average Bonchev–Trinajstić information content (AvgIpc) is 3.32. The molecule has 1 fully saturated rings. The minimum absolute atomic E-state index is 0.150. The third-order valence-corrected chi connectivity index (χ3v) is 3.68. The van der Waals surface area contributed by atoms with Crippen molar-refractivity contribution in [2.75, 3.05) is 13.2 Å². The number of ether oxygens (including phenoxy) is 1. The molecule has 1 aromatic carbocycles. The van der Waals surface area contributed by atoms with Crippen LogP contribution in [0.4, 0.5) is 4.39 Å². The van der Waals surface area contributed by atoms with Gasteiger partial charge in [0.2, 0.25) is 0 Å². The lowest BCUT2D eigenvalue weighted by Crippen LogP contribution is -2.10. The summed E-state index contributed by atoms with van der Waals surface area (Å²) in [5, 5.41) is 4.46. The highest BCUT2D eigenvalue weighted by atomic mass is 19.1. The largest absolute Gasteiger partial charge is 0.489 e. The number of aromatic nitrogens is 3.